The first-order valence-electron chi connectivity index (χ1n) is 10.5. The van der Waals surface area contributed by atoms with Crippen LogP contribution in [0, 0.1) is 0 Å². The minimum atomic E-state index is -0.809. The van der Waals surface area contributed by atoms with Crippen molar-refractivity contribution in [2.24, 2.45) is 21.8 Å². The first-order chi connectivity index (χ1) is 18.1. The lowest BCUT2D eigenvalue weighted by Crippen LogP contribution is -2.19. The van der Waals surface area contributed by atoms with Gasteiger partial charge >= 0.3 is 11.9 Å². The van der Waals surface area contributed by atoms with E-state index >= 15 is 0 Å². The Bertz CT molecular complexity index is 1280. The van der Waals surface area contributed by atoms with Crippen LogP contribution < -0.4 is 20.9 Å². The van der Waals surface area contributed by atoms with Gasteiger partial charge in [0, 0.05) is 21.2 Å². The van der Waals surface area contributed by atoms with Crippen LogP contribution in [-0.4, -0.2) is 36.8 Å². The van der Waals surface area contributed by atoms with Crippen LogP contribution in [-0.2, 0) is 19.3 Å². The highest BCUT2D eigenvalue weighted by atomic mass is 35.5. The Kier molecular flexibility index (Phi) is 10.4. The van der Waals surface area contributed by atoms with E-state index in [1.807, 2.05) is 0 Å². The molecular formula is C24H18Cl4N4O6. The molecular weight excluding hydrogens is 582 g/mol. The molecule has 0 fully saturated rings. The van der Waals surface area contributed by atoms with Gasteiger partial charge < -0.3 is 30.6 Å². The normalized spacial score (nSPS) is 11.6. The fourth-order valence-corrected chi connectivity index (χ4v) is 3.55. The molecule has 0 saturated carbocycles. The fourth-order valence-electron chi connectivity index (χ4n) is 2.63. The summed E-state index contributed by atoms with van der Waals surface area (Å²) in [5, 5.41) is 8.49. The van der Waals surface area contributed by atoms with Crippen LogP contribution in [0.15, 0.2) is 71.0 Å². The molecule has 0 aliphatic rings. The number of oxime groups is 2. The molecule has 10 nitrogen and oxygen atoms in total. The van der Waals surface area contributed by atoms with Gasteiger partial charge in [-0.1, -0.05) is 81.0 Å². The number of halogens is 4. The van der Waals surface area contributed by atoms with Gasteiger partial charge in [-0.05, 0) is 36.4 Å². The van der Waals surface area contributed by atoms with Crippen LogP contribution in [0.3, 0.4) is 0 Å². The number of nitrogens with zero attached hydrogens (tertiary/aromatic N) is 2. The molecule has 0 spiro atoms. The smallest absolute Gasteiger partial charge is 0.372 e. The van der Waals surface area contributed by atoms with Gasteiger partial charge in [-0.3, -0.25) is 0 Å². The molecule has 38 heavy (non-hydrogen) atoms. The second-order valence-corrected chi connectivity index (χ2v) is 8.87. The number of amidine groups is 2. The topological polar surface area (TPSA) is 148 Å². The third-order valence-corrected chi connectivity index (χ3v) is 5.51. The molecule has 4 N–H and O–H groups in total. The monoisotopic (exact) mass is 598 g/mol. The summed E-state index contributed by atoms with van der Waals surface area (Å²) in [6.07, 6.45) is 0. The summed E-state index contributed by atoms with van der Waals surface area (Å²) in [4.78, 5) is 33.3. The third-order valence-electron chi connectivity index (χ3n) is 4.45. The molecule has 0 heterocycles. The van der Waals surface area contributed by atoms with Gasteiger partial charge in [-0.2, -0.15) is 0 Å². The predicted octanol–water partition coefficient (Wildman–Crippen LogP) is 4.79. The van der Waals surface area contributed by atoms with Crippen molar-refractivity contribution in [1.29, 1.82) is 0 Å². The van der Waals surface area contributed by atoms with Gasteiger partial charge in [-0.25, -0.2) is 9.59 Å². The summed E-state index contributed by atoms with van der Waals surface area (Å²) in [6.45, 7) is -0.916. The van der Waals surface area contributed by atoms with Crippen molar-refractivity contribution in [1.82, 2.24) is 0 Å². The van der Waals surface area contributed by atoms with Crippen LogP contribution in [0.25, 0.3) is 0 Å². The maximum Gasteiger partial charge on any atom is 0.372 e. The number of carbonyl (C=O) groups excluding carboxylic acids is 2. The SMILES string of the molecule is NC(=NOC(=O)COc1ccc(Cl)cc1Cl)c1ccc(C(N)=NOC(=O)COc2ccc(Cl)cc2Cl)cc1. The molecule has 3 aromatic rings. The Morgan fingerprint density at radius 3 is 1.34 bits per heavy atom. The maximum absolute atomic E-state index is 11.9. The van der Waals surface area contributed by atoms with Gasteiger partial charge in [0.2, 0.25) is 0 Å². The highest BCUT2D eigenvalue weighted by molar-refractivity contribution is 6.36. The molecule has 0 aromatic heterocycles. The summed E-state index contributed by atoms with van der Waals surface area (Å²) in [5.74, 6) is -1.29. The molecule has 3 aromatic carbocycles. The molecule has 0 atom stereocenters. The van der Waals surface area contributed by atoms with Crippen molar-refractivity contribution < 1.29 is 28.7 Å². The van der Waals surface area contributed by atoms with E-state index in [2.05, 4.69) is 10.3 Å². The Morgan fingerprint density at radius 2 is 1.00 bits per heavy atom. The van der Waals surface area contributed by atoms with E-state index in [1.54, 1.807) is 36.4 Å². The van der Waals surface area contributed by atoms with E-state index < -0.39 is 25.2 Å². The number of rotatable bonds is 10. The van der Waals surface area contributed by atoms with E-state index in [1.165, 1.54) is 24.3 Å². The molecule has 0 aliphatic carbocycles. The minimum absolute atomic E-state index is 0.0885. The molecule has 0 saturated heterocycles. The van der Waals surface area contributed by atoms with Crippen molar-refractivity contribution in [3.05, 3.63) is 91.9 Å². The summed E-state index contributed by atoms with van der Waals surface area (Å²) in [7, 11) is 0. The van der Waals surface area contributed by atoms with E-state index in [-0.39, 0.29) is 33.2 Å². The van der Waals surface area contributed by atoms with Crippen LogP contribution >= 0.6 is 46.4 Å². The highest BCUT2D eigenvalue weighted by Gasteiger charge is 2.11. The summed E-state index contributed by atoms with van der Waals surface area (Å²) < 4.78 is 10.5. The highest BCUT2D eigenvalue weighted by Crippen LogP contribution is 2.28. The first kappa shape index (κ1) is 28.9. The second-order valence-electron chi connectivity index (χ2n) is 7.18. The minimum Gasteiger partial charge on any atom is -0.480 e. The van der Waals surface area contributed by atoms with Crippen molar-refractivity contribution in [3.63, 3.8) is 0 Å². The fraction of sp³-hybridized carbons (Fsp3) is 0.0833. The largest absolute Gasteiger partial charge is 0.480 e. The summed E-state index contributed by atoms with van der Waals surface area (Å²) >= 11 is 23.6. The molecule has 0 amide bonds. The van der Waals surface area contributed by atoms with Crippen molar-refractivity contribution in [2.75, 3.05) is 13.2 Å². The molecule has 0 aliphatic heterocycles. The Morgan fingerprint density at radius 1 is 0.632 bits per heavy atom. The lowest BCUT2D eigenvalue weighted by atomic mass is 10.1. The lowest BCUT2D eigenvalue weighted by molar-refractivity contribution is -0.146. The Hall–Kier alpha value is -3.70. The zero-order valence-electron chi connectivity index (χ0n) is 19.2. The van der Waals surface area contributed by atoms with Crippen LogP contribution in [0.2, 0.25) is 20.1 Å². The summed E-state index contributed by atoms with van der Waals surface area (Å²) in [6, 6.07) is 15.3. The van der Waals surface area contributed by atoms with E-state index in [0.717, 1.165) is 0 Å². The van der Waals surface area contributed by atoms with Crippen LogP contribution in [0.4, 0.5) is 0 Å². The van der Waals surface area contributed by atoms with Gasteiger partial charge in [0.05, 0.1) is 10.0 Å². The standard InChI is InChI=1S/C24H18Cl4N4O6/c25-15-5-7-19(17(27)9-15)35-11-21(33)37-31-23(29)13-1-2-14(4-3-13)24(30)32-38-22(34)12-36-20-8-6-16(26)10-18(20)28/h1-10H,11-12H2,(H2,29,31)(H2,30,32). The van der Waals surface area contributed by atoms with E-state index in [4.69, 9.17) is 77.0 Å². The average Bonchev–Trinajstić information content (AvgIpc) is 2.89. The third kappa shape index (κ3) is 8.70. The lowest BCUT2D eigenvalue weighted by Gasteiger charge is -2.07. The number of hydrogen-bond donors (Lipinski definition) is 2. The predicted molar refractivity (Wildman–Crippen MR) is 144 cm³/mol. The van der Waals surface area contributed by atoms with Crippen molar-refractivity contribution in [3.8, 4) is 11.5 Å². The van der Waals surface area contributed by atoms with Gasteiger partial charge in [0.1, 0.15) is 11.5 Å². The van der Waals surface area contributed by atoms with Crippen molar-refractivity contribution in [2.45, 2.75) is 0 Å². The Balaban J connectivity index is 1.48. The quantitative estimate of drug-likeness (QED) is 0.146. The molecule has 0 bridgehead atoms. The van der Waals surface area contributed by atoms with E-state index in [0.29, 0.717) is 21.2 Å². The van der Waals surface area contributed by atoms with Gasteiger partial charge in [-0.15, -0.1) is 0 Å². The van der Waals surface area contributed by atoms with Gasteiger partial charge in [0.25, 0.3) is 0 Å². The number of benzene rings is 3. The molecule has 0 radical (unpaired) electrons. The molecule has 0 unspecified atom stereocenters. The molecule has 3 rings (SSSR count). The molecule has 14 heteroatoms. The average molecular weight is 600 g/mol. The van der Waals surface area contributed by atoms with Crippen LogP contribution in [0.5, 0.6) is 11.5 Å². The number of nitrogens with two attached hydrogens (primary N) is 2. The maximum atomic E-state index is 11.9. The number of carbonyl (C=O) groups is 2. The zero-order chi connectivity index (χ0) is 27.7. The van der Waals surface area contributed by atoms with E-state index in [9.17, 15) is 9.59 Å². The number of ether oxygens (including phenoxy) is 2. The zero-order valence-corrected chi connectivity index (χ0v) is 22.2. The number of hydrogen-bond acceptors (Lipinski definition) is 8. The Labute approximate surface area is 236 Å². The second kappa shape index (κ2) is 13.7. The van der Waals surface area contributed by atoms with Gasteiger partial charge in [0.15, 0.2) is 24.9 Å². The van der Waals surface area contributed by atoms with Crippen LogP contribution in [0.1, 0.15) is 11.1 Å². The molecule has 198 valence electrons. The van der Waals surface area contributed by atoms with Crippen molar-refractivity contribution >= 4 is 70.0 Å². The summed E-state index contributed by atoms with van der Waals surface area (Å²) in [5.41, 5.74) is 12.5. The first-order valence-corrected chi connectivity index (χ1v) is 12.0.